The highest BCUT2D eigenvalue weighted by atomic mass is 35.5. The van der Waals surface area contributed by atoms with Crippen LogP contribution >= 0.6 is 11.6 Å². The minimum Gasteiger partial charge on any atom is -0.319 e. The van der Waals surface area contributed by atoms with Crippen molar-refractivity contribution in [3.05, 3.63) is 125 Å². The van der Waals surface area contributed by atoms with Crippen molar-refractivity contribution in [2.24, 2.45) is 0 Å². The molecule has 0 saturated carbocycles. The van der Waals surface area contributed by atoms with Crippen LogP contribution < -0.4 is 0 Å². The molecule has 3 heteroatoms. The summed E-state index contributed by atoms with van der Waals surface area (Å²) >= 11 is 6.82. The van der Waals surface area contributed by atoms with Gasteiger partial charge in [0, 0.05) is 22.2 Å². The maximum atomic E-state index is 6.82. The lowest BCUT2D eigenvalue weighted by molar-refractivity contribution is 0.510. The van der Waals surface area contributed by atoms with E-state index in [-0.39, 0.29) is 5.41 Å². The van der Waals surface area contributed by atoms with E-state index in [1.54, 1.807) is 0 Å². The summed E-state index contributed by atoms with van der Waals surface area (Å²) in [7, 11) is 0. The number of halogens is 1. The molecule has 0 amide bonds. The van der Waals surface area contributed by atoms with E-state index in [4.69, 9.17) is 16.6 Å². The second kappa shape index (κ2) is 7.53. The Kier molecular flexibility index (Phi) is 5.06. The molecule has 1 aromatic heterocycles. The van der Waals surface area contributed by atoms with Gasteiger partial charge in [-0.1, -0.05) is 111 Å². The van der Waals surface area contributed by atoms with Crippen LogP contribution in [0.3, 0.4) is 0 Å². The van der Waals surface area contributed by atoms with E-state index in [0.717, 1.165) is 27.4 Å². The maximum absolute atomic E-state index is 6.82. The highest BCUT2D eigenvalue weighted by Gasteiger charge is 2.40. The third kappa shape index (κ3) is 3.38. The van der Waals surface area contributed by atoms with Crippen LogP contribution in [0.2, 0.25) is 5.02 Å². The molecule has 0 atom stereocenters. The molecule has 0 saturated heterocycles. The Bertz CT molecular complexity index is 1050. The van der Waals surface area contributed by atoms with Crippen molar-refractivity contribution >= 4 is 11.6 Å². The Morgan fingerprint density at radius 3 is 1.72 bits per heavy atom. The first-order valence-electron chi connectivity index (χ1n) is 9.85. The van der Waals surface area contributed by atoms with E-state index >= 15 is 0 Å². The summed E-state index contributed by atoms with van der Waals surface area (Å²) in [5.41, 5.74) is 3.66. The fourth-order valence-corrected chi connectivity index (χ4v) is 4.19. The van der Waals surface area contributed by atoms with Crippen LogP contribution in [0.1, 0.15) is 43.2 Å². The van der Waals surface area contributed by atoms with Gasteiger partial charge in [-0.2, -0.15) is 0 Å². The number of aromatic nitrogens is 2. The molecule has 3 aromatic carbocycles. The summed E-state index contributed by atoms with van der Waals surface area (Å²) in [4.78, 5) is 4.78. The molecule has 0 aliphatic rings. The van der Waals surface area contributed by atoms with Gasteiger partial charge >= 0.3 is 0 Å². The monoisotopic (exact) mass is 400 g/mol. The first-order chi connectivity index (χ1) is 13.9. The lowest BCUT2D eigenvalue weighted by Gasteiger charge is -2.38. The fraction of sp³-hybridized carbons (Fsp3) is 0.192. The number of hydrogen-bond acceptors (Lipinski definition) is 1. The molecule has 4 rings (SSSR count). The Morgan fingerprint density at radius 2 is 1.24 bits per heavy atom. The lowest BCUT2D eigenvalue weighted by atomic mass is 9.76. The first-order valence-corrected chi connectivity index (χ1v) is 10.2. The van der Waals surface area contributed by atoms with E-state index in [9.17, 15) is 0 Å². The molecule has 29 heavy (non-hydrogen) atoms. The van der Waals surface area contributed by atoms with Crippen molar-refractivity contribution < 1.29 is 0 Å². The van der Waals surface area contributed by atoms with Gasteiger partial charge in [0.25, 0.3) is 0 Å². The first kappa shape index (κ1) is 19.5. The van der Waals surface area contributed by atoms with Gasteiger partial charge in [-0.05, 0) is 17.2 Å². The van der Waals surface area contributed by atoms with Gasteiger partial charge in [-0.25, -0.2) is 4.98 Å². The van der Waals surface area contributed by atoms with E-state index in [2.05, 4.69) is 86.1 Å². The summed E-state index contributed by atoms with van der Waals surface area (Å²) < 4.78 is 2.21. The van der Waals surface area contributed by atoms with Gasteiger partial charge in [0.15, 0.2) is 0 Å². The highest BCUT2D eigenvalue weighted by Crippen LogP contribution is 2.44. The van der Waals surface area contributed by atoms with Crippen LogP contribution in [0.15, 0.2) is 97.5 Å². The number of hydrogen-bond donors (Lipinski definition) is 0. The average molecular weight is 401 g/mol. The largest absolute Gasteiger partial charge is 0.319 e. The Labute approximate surface area is 177 Å². The molecule has 146 valence electrons. The molecule has 0 aliphatic carbocycles. The molecule has 0 N–H and O–H groups in total. The SMILES string of the molecule is CC(C)(C)c1cn(C(c2ccccc2)(c2ccccc2)c2ccccc2Cl)cn1. The van der Waals surface area contributed by atoms with Gasteiger partial charge in [-0.3, -0.25) is 0 Å². The molecule has 0 fully saturated rings. The van der Waals surface area contributed by atoms with Gasteiger partial charge in [0.1, 0.15) is 5.54 Å². The standard InChI is InChI=1S/C26H25ClN2/c1-25(2,3)24-18-29(19-28-24)26(20-12-6-4-7-13-20,21-14-8-5-9-15-21)22-16-10-11-17-23(22)27/h4-19H,1-3H3. The molecule has 0 radical (unpaired) electrons. The quantitative estimate of drug-likeness (QED) is 0.349. The highest BCUT2D eigenvalue weighted by molar-refractivity contribution is 6.31. The number of rotatable bonds is 4. The Hall–Kier alpha value is -2.84. The zero-order valence-electron chi connectivity index (χ0n) is 17.0. The van der Waals surface area contributed by atoms with Crippen LogP contribution in [-0.4, -0.2) is 9.55 Å². The molecule has 0 unspecified atom stereocenters. The molecule has 4 aromatic rings. The van der Waals surface area contributed by atoms with Crippen LogP contribution in [0.4, 0.5) is 0 Å². The molecular weight excluding hydrogens is 376 g/mol. The number of benzene rings is 3. The van der Waals surface area contributed by atoms with Crippen molar-refractivity contribution in [2.45, 2.75) is 31.7 Å². The van der Waals surface area contributed by atoms with E-state index in [1.165, 1.54) is 0 Å². The van der Waals surface area contributed by atoms with Gasteiger partial charge in [0.2, 0.25) is 0 Å². The fourth-order valence-electron chi connectivity index (χ4n) is 3.92. The topological polar surface area (TPSA) is 17.8 Å². The summed E-state index contributed by atoms with van der Waals surface area (Å²) in [5.74, 6) is 0. The Morgan fingerprint density at radius 1 is 0.724 bits per heavy atom. The van der Waals surface area contributed by atoms with Crippen molar-refractivity contribution in [3.8, 4) is 0 Å². The van der Waals surface area contributed by atoms with E-state index in [1.807, 2.05) is 36.7 Å². The molecule has 1 heterocycles. The number of imidazole rings is 1. The summed E-state index contributed by atoms with van der Waals surface area (Å²) in [6.45, 7) is 6.55. The number of nitrogens with zero attached hydrogens (tertiary/aromatic N) is 2. The second-order valence-corrected chi connectivity index (χ2v) is 8.75. The van der Waals surface area contributed by atoms with Crippen molar-refractivity contribution in [3.63, 3.8) is 0 Å². The second-order valence-electron chi connectivity index (χ2n) is 8.34. The minimum absolute atomic E-state index is 0.0507. The molecule has 0 bridgehead atoms. The summed E-state index contributed by atoms with van der Waals surface area (Å²) in [5, 5.41) is 0.728. The summed E-state index contributed by atoms with van der Waals surface area (Å²) in [6, 6.07) is 29.1. The predicted molar refractivity (Wildman–Crippen MR) is 121 cm³/mol. The van der Waals surface area contributed by atoms with Crippen LogP contribution in [0.5, 0.6) is 0 Å². The van der Waals surface area contributed by atoms with Crippen molar-refractivity contribution in [1.82, 2.24) is 9.55 Å². The summed E-state index contributed by atoms with van der Waals surface area (Å²) in [6.07, 6.45) is 4.09. The molecule has 0 aliphatic heterocycles. The van der Waals surface area contributed by atoms with E-state index in [0.29, 0.717) is 0 Å². The lowest BCUT2D eigenvalue weighted by Crippen LogP contribution is -2.37. The molecular formula is C26H25ClN2. The third-order valence-electron chi connectivity index (χ3n) is 5.39. The van der Waals surface area contributed by atoms with Crippen LogP contribution in [0, 0.1) is 0 Å². The smallest absolute Gasteiger partial charge is 0.123 e. The zero-order valence-corrected chi connectivity index (χ0v) is 17.8. The van der Waals surface area contributed by atoms with E-state index < -0.39 is 5.54 Å². The average Bonchev–Trinajstić information content (AvgIpc) is 3.23. The van der Waals surface area contributed by atoms with Gasteiger partial charge in [0.05, 0.1) is 12.0 Å². The predicted octanol–water partition coefficient (Wildman–Crippen LogP) is 6.67. The Balaban J connectivity index is 2.13. The van der Waals surface area contributed by atoms with Gasteiger partial charge < -0.3 is 4.57 Å². The van der Waals surface area contributed by atoms with Crippen molar-refractivity contribution in [1.29, 1.82) is 0 Å². The normalized spacial score (nSPS) is 12.1. The third-order valence-corrected chi connectivity index (χ3v) is 5.71. The molecule has 2 nitrogen and oxygen atoms in total. The van der Waals surface area contributed by atoms with Crippen LogP contribution in [-0.2, 0) is 11.0 Å². The molecule has 0 spiro atoms. The zero-order chi connectivity index (χ0) is 20.5. The van der Waals surface area contributed by atoms with Gasteiger partial charge in [-0.15, -0.1) is 0 Å². The maximum Gasteiger partial charge on any atom is 0.123 e. The van der Waals surface area contributed by atoms with Crippen LogP contribution in [0.25, 0.3) is 0 Å². The minimum atomic E-state index is -0.628. The van der Waals surface area contributed by atoms with Crippen molar-refractivity contribution in [2.75, 3.05) is 0 Å².